The molecule has 2 rings (SSSR count). The Bertz CT molecular complexity index is 583. The van der Waals surface area contributed by atoms with E-state index in [1.54, 1.807) is 16.7 Å². The van der Waals surface area contributed by atoms with E-state index in [4.69, 9.17) is 5.11 Å². The summed E-state index contributed by atoms with van der Waals surface area (Å²) in [7, 11) is 0. The number of rotatable bonds is 2. The van der Waals surface area contributed by atoms with E-state index in [0.29, 0.717) is 12.6 Å². The molecule has 2 N–H and O–H groups in total. The minimum Gasteiger partial charge on any atom is -0.478 e. The topological polar surface area (TPSA) is 69.6 Å². The zero-order valence-electron chi connectivity index (χ0n) is 11.2. The molecule has 1 aliphatic rings. The summed E-state index contributed by atoms with van der Waals surface area (Å²) in [4.78, 5) is 24.5. The molecule has 2 amide bonds. The van der Waals surface area contributed by atoms with Crippen molar-refractivity contribution in [2.24, 2.45) is 0 Å². The highest BCUT2D eigenvalue weighted by Crippen LogP contribution is 2.22. The van der Waals surface area contributed by atoms with Crippen LogP contribution in [-0.4, -0.2) is 46.1 Å². The Hall–Kier alpha value is -1.83. The molecule has 5 nitrogen and oxygen atoms in total. The second-order valence-electron chi connectivity index (χ2n) is 4.66. The number of urea groups is 1. The number of carboxylic acids is 1. The van der Waals surface area contributed by atoms with Gasteiger partial charge in [0.25, 0.3) is 0 Å². The van der Waals surface area contributed by atoms with Crippen LogP contribution in [0, 0.1) is 11.6 Å². The highest BCUT2D eigenvalue weighted by atomic mass is 32.2. The van der Waals surface area contributed by atoms with Crippen molar-refractivity contribution in [1.29, 1.82) is 0 Å². The average molecular weight is 316 g/mol. The second kappa shape index (κ2) is 6.30. The van der Waals surface area contributed by atoms with Crippen molar-refractivity contribution in [3.8, 4) is 0 Å². The Morgan fingerprint density at radius 2 is 2.10 bits per heavy atom. The Morgan fingerprint density at radius 1 is 1.38 bits per heavy atom. The molecule has 1 fully saturated rings. The van der Waals surface area contributed by atoms with Crippen LogP contribution in [0.5, 0.6) is 0 Å². The van der Waals surface area contributed by atoms with Gasteiger partial charge in [0, 0.05) is 30.2 Å². The van der Waals surface area contributed by atoms with Crippen LogP contribution in [-0.2, 0) is 0 Å². The van der Waals surface area contributed by atoms with E-state index in [9.17, 15) is 18.4 Å². The van der Waals surface area contributed by atoms with Gasteiger partial charge in [-0.3, -0.25) is 0 Å². The largest absolute Gasteiger partial charge is 0.478 e. The Morgan fingerprint density at radius 3 is 2.71 bits per heavy atom. The van der Waals surface area contributed by atoms with Gasteiger partial charge in [-0.25, -0.2) is 18.4 Å². The number of aromatic carboxylic acids is 1. The van der Waals surface area contributed by atoms with E-state index in [1.807, 2.05) is 6.92 Å². The van der Waals surface area contributed by atoms with Crippen molar-refractivity contribution < 1.29 is 23.5 Å². The van der Waals surface area contributed by atoms with Crippen LogP contribution in [0.1, 0.15) is 17.3 Å². The highest BCUT2D eigenvalue weighted by molar-refractivity contribution is 7.99. The molecule has 0 bridgehead atoms. The number of anilines is 1. The van der Waals surface area contributed by atoms with Gasteiger partial charge in [0.2, 0.25) is 0 Å². The third-order valence-corrected chi connectivity index (χ3v) is 4.35. The minimum absolute atomic E-state index is 0.00814. The van der Waals surface area contributed by atoms with Gasteiger partial charge in [-0.05, 0) is 13.0 Å². The molecule has 1 aliphatic heterocycles. The quantitative estimate of drug-likeness (QED) is 0.880. The van der Waals surface area contributed by atoms with E-state index >= 15 is 0 Å². The van der Waals surface area contributed by atoms with E-state index in [2.05, 4.69) is 5.32 Å². The summed E-state index contributed by atoms with van der Waals surface area (Å²) >= 11 is 1.72. The van der Waals surface area contributed by atoms with Crippen molar-refractivity contribution in [1.82, 2.24) is 4.90 Å². The van der Waals surface area contributed by atoms with Crippen molar-refractivity contribution in [2.75, 3.05) is 23.4 Å². The van der Waals surface area contributed by atoms with E-state index < -0.39 is 29.2 Å². The van der Waals surface area contributed by atoms with Crippen LogP contribution in [0.25, 0.3) is 0 Å². The molecule has 0 saturated carbocycles. The number of amides is 2. The molecule has 1 saturated heterocycles. The standard InChI is InChI=1S/C13H14F2N2O3S/c1-7-6-21-3-2-17(7)13(20)16-11-4-8(12(18)19)9(14)5-10(11)15/h4-5,7H,2-3,6H2,1H3,(H,16,20)(H,18,19). The van der Waals surface area contributed by atoms with Gasteiger partial charge in [0.1, 0.15) is 11.6 Å². The molecule has 1 aromatic carbocycles. The number of nitrogens with one attached hydrogen (secondary N) is 1. The zero-order valence-corrected chi connectivity index (χ0v) is 12.0. The molecular formula is C13H14F2N2O3S. The summed E-state index contributed by atoms with van der Waals surface area (Å²) in [5, 5.41) is 11.1. The summed E-state index contributed by atoms with van der Waals surface area (Å²) < 4.78 is 26.9. The molecule has 21 heavy (non-hydrogen) atoms. The number of carboxylic acid groups (broad SMARTS) is 1. The maximum Gasteiger partial charge on any atom is 0.338 e. The monoisotopic (exact) mass is 316 g/mol. The molecule has 0 aliphatic carbocycles. The Balaban J connectivity index is 2.20. The van der Waals surface area contributed by atoms with Crippen molar-refractivity contribution >= 4 is 29.4 Å². The highest BCUT2D eigenvalue weighted by Gasteiger charge is 2.25. The van der Waals surface area contributed by atoms with Gasteiger partial charge in [0.05, 0.1) is 11.3 Å². The SMILES string of the molecule is CC1CSCCN1C(=O)Nc1cc(C(=O)O)c(F)cc1F. The van der Waals surface area contributed by atoms with Crippen molar-refractivity contribution in [3.63, 3.8) is 0 Å². The van der Waals surface area contributed by atoms with Gasteiger partial charge in [-0.2, -0.15) is 11.8 Å². The molecule has 1 atom stereocenters. The fourth-order valence-corrected chi connectivity index (χ4v) is 3.04. The number of thioether (sulfide) groups is 1. The fourth-order valence-electron chi connectivity index (χ4n) is 2.02. The molecular weight excluding hydrogens is 302 g/mol. The molecule has 114 valence electrons. The third-order valence-electron chi connectivity index (χ3n) is 3.16. The van der Waals surface area contributed by atoms with Crippen LogP contribution >= 0.6 is 11.8 Å². The lowest BCUT2D eigenvalue weighted by atomic mass is 10.2. The average Bonchev–Trinajstić information content (AvgIpc) is 2.41. The third kappa shape index (κ3) is 3.44. The lowest BCUT2D eigenvalue weighted by molar-refractivity contribution is 0.0691. The number of benzene rings is 1. The lowest BCUT2D eigenvalue weighted by Crippen LogP contribution is -2.46. The first-order chi connectivity index (χ1) is 9.90. The maximum atomic E-state index is 13.6. The van der Waals surface area contributed by atoms with Crippen molar-refractivity contribution in [2.45, 2.75) is 13.0 Å². The van der Waals surface area contributed by atoms with Crippen molar-refractivity contribution in [3.05, 3.63) is 29.3 Å². The smallest absolute Gasteiger partial charge is 0.338 e. The Labute approximate surface area is 124 Å². The Kier molecular flexibility index (Phi) is 4.66. The number of hydrogen-bond donors (Lipinski definition) is 2. The minimum atomic E-state index is -1.52. The molecule has 0 aromatic heterocycles. The summed E-state index contributed by atoms with van der Waals surface area (Å²) in [6, 6.07) is 0.707. The second-order valence-corrected chi connectivity index (χ2v) is 5.81. The lowest BCUT2D eigenvalue weighted by Gasteiger charge is -2.33. The normalized spacial score (nSPS) is 18.4. The summed E-state index contributed by atoms with van der Waals surface area (Å²) in [6.45, 7) is 2.39. The van der Waals surface area contributed by atoms with Gasteiger partial charge in [0.15, 0.2) is 0 Å². The summed E-state index contributed by atoms with van der Waals surface area (Å²) in [5.74, 6) is -2.15. The van der Waals surface area contributed by atoms with Crippen LogP contribution in [0.3, 0.4) is 0 Å². The van der Waals surface area contributed by atoms with E-state index in [-0.39, 0.29) is 11.7 Å². The maximum absolute atomic E-state index is 13.6. The summed E-state index contributed by atoms with van der Waals surface area (Å²) in [6.07, 6.45) is 0. The first-order valence-corrected chi connectivity index (χ1v) is 7.43. The van der Waals surface area contributed by atoms with E-state index in [0.717, 1.165) is 17.6 Å². The van der Waals surface area contributed by atoms with Crippen LogP contribution < -0.4 is 5.32 Å². The van der Waals surface area contributed by atoms with E-state index in [1.165, 1.54) is 0 Å². The van der Waals surface area contributed by atoms with Crippen LogP contribution in [0.4, 0.5) is 19.3 Å². The van der Waals surface area contributed by atoms with Crippen LogP contribution in [0.2, 0.25) is 0 Å². The molecule has 8 heteroatoms. The molecule has 0 radical (unpaired) electrons. The molecule has 1 unspecified atom stereocenters. The first-order valence-electron chi connectivity index (χ1n) is 6.28. The first kappa shape index (κ1) is 15.6. The number of halogens is 2. The predicted molar refractivity (Wildman–Crippen MR) is 75.8 cm³/mol. The van der Waals surface area contributed by atoms with Crippen LogP contribution in [0.15, 0.2) is 12.1 Å². The molecule has 1 heterocycles. The van der Waals surface area contributed by atoms with Gasteiger partial charge in [-0.1, -0.05) is 0 Å². The number of carbonyl (C=O) groups excluding carboxylic acids is 1. The van der Waals surface area contributed by atoms with Gasteiger partial charge < -0.3 is 15.3 Å². The molecule has 0 spiro atoms. The van der Waals surface area contributed by atoms with Gasteiger partial charge >= 0.3 is 12.0 Å². The number of nitrogens with zero attached hydrogens (tertiary/aromatic N) is 1. The predicted octanol–water partition coefficient (Wildman–Crippen LogP) is 2.63. The fraction of sp³-hybridized carbons (Fsp3) is 0.385. The van der Waals surface area contributed by atoms with Gasteiger partial charge in [-0.15, -0.1) is 0 Å². The zero-order chi connectivity index (χ0) is 15.6. The molecule has 1 aromatic rings. The summed E-state index contributed by atoms with van der Waals surface area (Å²) in [5.41, 5.74) is -1.03. The number of carbonyl (C=O) groups is 2. The number of hydrogen-bond acceptors (Lipinski definition) is 3.